The number of halogens is 1. The Morgan fingerprint density at radius 3 is 2.38 bits per heavy atom. The van der Waals surface area contributed by atoms with Gasteiger partial charge in [-0.3, -0.25) is 4.79 Å². The summed E-state index contributed by atoms with van der Waals surface area (Å²) in [5.74, 6) is -0.449. The lowest BCUT2D eigenvalue weighted by molar-refractivity contribution is 0.1000. The van der Waals surface area contributed by atoms with Gasteiger partial charge < -0.3 is 10.5 Å². The summed E-state index contributed by atoms with van der Waals surface area (Å²) < 4.78 is 4.89. The van der Waals surface area contributed by atoms with Crippen LogP contribution in [-0.2, 0) is 4.74 Å². The molecule has 0 aliphatic carbocycles. The predicted molar refractivity (Wildman–Crippen MR) is 50.6 cm³/mol. The normalized spacial score (nSPS) is 12.5. The molecule has 1 aromatic rings. The molecule has 0 saturated heterocycles. The zero-order chi connectivity index (χ0) is 9.84. The largest absolute Gasteiger partial charge is 0.366 e. The van der Waals surface area contributed by atoms with Crippen LogP contribution in [0.3, 0.4) is 0 Å². The van der Waals surface area contributed by atoms with E-state index in [-0.39, 0.29) is 0 Å². The second-order valence-electron chi connectivity index (χ2n) is 2.54. The monoisotopic (exact) mass is 199 g/mol. The van der Waals surface area contributed by atoms with Gasteiger partial charge in [-0.1, -0.05) is 23.7 Å². The van der Waals surface area contributed by atoms with Gasteiger partial charge in [-0.25, -0.2) is 0 Å². The first-order chi connectivity index (χ1) is 6.15. The van der Waals surface area contributed by atoms with E-state index in [0.717, 1.165) is 5.56 Å². The summed E-state index contributed by atoms with van der Waals surface area (Å²) in [7, 11) is 1.51. The number of alkyl halides is 1. The number of primary amides is 1. The molecule has 1 atom stereocenters. The Morgan fingerprint density at radius 2 is 2.00 bits per heavy atom. The van der Waals surface area contributed by atoms with E-state index in [2.05, 4.69) is 0 Å². The first-order valence-electron chi connectivity index (χ1n) is 3.72. The molecule has 2 N–H and O–H groups in total. The molecular formula is C9H10ClNO2. The average molecular weight is 200 g/mol. The topological polar surface area (TPSA) is 52.3 Å². The highest BCUT2D eigenvalue weighted by Gasteiger charge is 2.06. The van der Waals surface area contributed by atoms with Crippen molar-refractivity contribution in [2.24, 2.45) is 5.73 Å². The van der Waals surface area contributed by atoms with Crippen molar-refractivity contribution >= 4 is 17.5 Å². The lowest BCUT2D eigenvalue weighted by atomic mass is 10.1. The van der Waals surface area contributed by atoms with Crippen molar-refractivity contribution in [3.8, 4) is 0 Å². The summed E-state index contributed by atoms with van der Waals surface area (Å²) in [4.78, 5) is 10.7. The third-order valence-corrected chi connectivity index (χ3v) is 2.09. The maximum atomic E-state index is 10.7. The fraction of sp³-hybridized carbons (Fsp3) is 0.222. The van der Waals surface area contributed by atoms with Crippen molar-refractivity contribution < 1.29 is 9.53 Å². The van der Waals surface area contributed by atoms with Crippen molar-refractivity contribution in [1.29, 1.82) is 0 Å². The van der Waals surface area contributed by atoms with E-state index in [0.29, 0.717) is 5.56 Å². The zero-order valence-electron chi connectivity index (χ0n) is 7.16. The molecule has 1 rings (SSSR count). The molecule has 0 heterocycles. The Bertz CT molecular complexity index is 297. The maximum absolute atomic E-state index is 10.7. The summed E-state index contributed by atoms with van der Waals surface area (Å²) in [6, 6.07) is 6.65. The SMILES string of the molecule is COC(Cl)c1ccc(C(N)=O)cc1. The number of benzene rings is 1. The summed E-state index contributed by atoms with van der Waals surface area (Å²) in [5.41, 5.74) is 5.85. The molecule has 13 heavy (non-hydrogen) atoms. The number of hydrogen-bond donors (Lipinski definition) is 1. The second kappa shape index (κ2) is 4.25. The van der Waals surface area contributed by atoms with E-state index in [9.17, 15) is 4.79 Å². The van der Waals surface area contributed by atoms with E-state index < -0.39 is 11.5 Å². The third kappa shape index (κ3) is 2.44. The summed E-state index contributed by atoms with van der Waals surface area (Å²) in [6.07, 6.45) is 0. The number of rotatable bonds is 3. The fourth-order valence-corrected chi connectivity index (χ4v) is 1.08. The van der Waals surface area contributed by atoms with Crippen LogP contribution in [0.15, 0.2) is 24.3 Å². The van der Waals surface area contributed by atoms with Gasteiger partial charge in [-0.05, 0) is 17.7 Å². The Balaban J connectivity index is 2.87. The summed E-state index contributed by atoms with van der Waals surface area (Å²) in [6.45, 7) is 0. The van der Waals surface area contributed by atoms with Crippen LogP contribution in [0.25, 0.3) is 0 Å². The van der Waals surface area contributed by atoms with Crippen molar-refractivity contribution in [2.75, 3.05) is 7.11 Å². The van der Waals surface area contributed by atoms with Crippen LogP contribution in [0.2, 0.25) is 0 Å². The Kier molecular flexibility index (Phi) is 3.28. The number of nitrogens with two attached hydrogens (primary N) is 1. The number of carbonyl (C=O) groups excluding carboxylic acids is 1. The van der Waals surface area contributed by atoms with Crippen molar-refractivity contribution in [3.05, 3.63) is 35.4 Å². The Labute approximate surface area is 81.4 Å². The van der Waals surface area contributed by atoms with Gasteiger partial charge in [-0.2, -0.15) is 0 Å². The molecule has 0 aliphatic heterocycles. The van der Waals surface area contributed by atoms with Gasteiger partial charge in [0.05, 0.1) is 0 Å². The molecule has 1 aromatic carbocycles. The smallest absolute Gasteiger partial charge is 0.248 e. The minimum atomic E-state index is -0.484. The highest BCUT2D eigenvalue weighted by molar-refractivity contribution is 6.19. The minimum absolute atomic E-state index is 0.449. The fourth-order valence-electron chi connectivity index (χ4n) is 0.935. The van der Waals surface area contributed by atoms with Gasteiger partial charge in [0.15, 0.2) is 5.56 Å². The predicted octanol–water partition coefficient (Wildman–Crippen LogP) is 1.67. The van der Waals surface area contributed by atoms with E-state index in [1.807, 2.05) is 0 Å². The second-order valence-corrected chi connectivity index (χ2v) is 2.93. The molecule has 3 nitrogen and oxygen atoms in total. The van der Waals surface area contributed by atoms with E-state index in [1.165, 1.54) is 7.11 Å². The molecule has 0 spiro atoms. The van der Waals surface area contributed by atoms with E-state index in [4.69, 9.17) is 22.1 Å². The van der Waals surface area contributed by atoms with Crippen molar-refractivity contribution in [2.45, 2.75) is 5.56 Å². The van der Waals surface area contributed by atoms with E-state index in [1.54, 1.807) is 24.3 Å². The lowest BCUT2D eigenvalue weighted by Crippen LogP contribution is -2.10. The molecule has 0 radical (unpaired) electrons. The van der Waals surface area contributed by atoms with Crippen LogP contribution in [0.4, 0.5) is 0 Å². The molecule has 0 saturated carbocycles. The molecule has 1 unspecified atom stereocenters. The van der Waals surface area contributed by atoms with Gasteiger partial charge in [-0.15, -0.1) is 0 Å². The highest BCUT2D eigenvalue weighted by Crippen LogP contribution is 2.20. The van der Waals surface area contributed by atoms with Gasteiger partial charge in [0.25, 0.3) is 0 Å². The quantitative estimate of drug-likeness (QED) is 0.753. The van der Waals surface area contributed by atoms with Gasteiger partial charge in [0, 0.05) is 12.7 Å². The molecule has 1 amide bonds. The summed E-state index contributed by atoms with van der Waals surface area (Å²) >= 11 is 5.78. The van der Waals surface area contributed by atoms with Gasteiger partial charge in [0.2, 0.25) is 5.91 Å². The van der Waals surface area contributed by atoms with Crippen LogP contribution >= 0.6 is 11.6 Å². The van der Waals surface area contributed by atoms with Crippen LogP contribution in [0, 0.1) is 0 Å². The van der Waals surface area contributed by atoms with E-state index >= 15 is 0 Å². The van der Waals surface area contributed by atoms with Crippen LogP contribution < -0.4 is 5.73 Å². The standard InChI is InChI=1S/C9H10ClNO2/c1-13-8(10)6-2-4-7(5-3-6)9(11)12/h2-5,8H,1H3,(H2,11,12). The Hall–Kier alpha value is -1.06. The molecule has 70 valence electrons. The van der Waals surface area contributed by atoms with Crippen LogP contribution in [-0.4, -0.2) is 13.0 Å². The number of carbonyl (C=O) groups is 1. The van der Waals surface area contributed by atoms with Gasteiger partial charge >= 0.3 is 0 Å². The average Bonchev–Trinajstić information content (AvgIpc) is 2.17. The lowest BCUT2D eigenvalue weighted by Gasteiger charge is -2.07. The van der Waals surface area contributed by atoms with Crippen molar-refractivity contribution in [3.63, 3.8) is 0 Å². The minimum Gasteiger partial charge on any atom is -0.366 e. The van der Waals surface area contributed by atoms with Gasteiger partial charge in [0.1, 0.15) is 0 Å². The number of ether oxygens (including phenoxy) is 1. The van der Waals surface area contributed by atoms with Crippen LogP contribution in [0.5, 0.6) is 0 Å². The Morgan fingerprint density at radius 1 is 1.46 bits per heavy atom. The first-order valence-corrected chi connectivity index (χ1v) is 4.15. The molecule has 0 aliphatic rings. The molecular weight excluding hydrogens is 190 g/mol. The molecule has 0 aromatic heterocycles. The highest BCUT2D eigenvalue weighted by atomic mass is 35.5. The third-order valence-electron chi connectivity index (χ3n) is 1.66. The number of amides is 1. The van der Waals surface area contributed by atoms with Crippen molar-refractivity contribution in [1.82, 2.24) is 0 Å². The maximum Gasteiger partial charge on any atom is 0.248 e. The molecule has 0 fully saturated rings. The van der Waals surface area contributed by atoms with Crippen LogP contribution in [0.1, 0.15) is 21.5 Å². The number of methoxy groups -OCH3 is 1. The first kappa shape index (κ1) is 10.0. The number of hydrogen-bond acceptors (Lipinski definition) is 2. The summed E-state index contributed by atoms with van der Waals surface area (Å²) in [5, 5.41) is 0. The molecule has 4 heteroatoms. The molecule has 0 bridgehead atoms. The zero-order valence-corrected chi connectivity index (χ0v) is 7.91.